The number of hydrogen-bond acceptors (Lipinski definition) is 3. The first-order valence-corrected chi connectivity index (χ1v) is 18.9. The number of fused-ring (bicyclic) bond motifs is 8. The summed E-state index contributed by atoms with van der Waals surface area (Å²) in [6, 6.07) is 65.3. The summed E-state index contributed by atoms with van der Waals surface area (Å²) >= 11 is 0. The molecule has 0 radical (unpaired) electrons. The zero-order valence-electron chi connectivity index (χ0n) is 30.6. The number of para-hydroxylation sites is 4. The molecule has 0 saturated carbocycles. The van der Waals surface area contributed by atoms with Crippen LogP contribution in [0.2, 0.25) is 0 Å². The van der Waals surface area contributed by atoms with Crippen molar-refractivity contribution in [1.82, 2.24) is 14.5 Å². The number of aromatic nitrogens is 3. The molecule has 0 fully saturated rings. The van der Waals surface area contributed by atoms with Gasteiger partial charge in [-0.1, -0.05) is 153 Å². The van der Waals surface area contributed by atoms with E-state index in [4.69, 9.17) is 9.97 Å². The van der Waals surface area contributed by atoms with E-state index in [0.717, 1.165) is 50.0 Å². The van der Waals surface area contributed by atoms with E-state index < -0.39 is 0 Å². The topological polar surface area (TPSA) is 34.0 Å². The van der Waals surface area contributed by atoms with E-state index in [0.29, 0.717) is 5.95 Å². The van der Waals surface area contributed by atoms with Crippen molar-refractivity contribution in [3.63, 3.8) is 0 Å². The normalized spacial score (nSPS) is 13.4. The summed E-state index contributed by atoms with van der Waals surface area (Å²) in [4.78, 5) is 13.2. The van der Waals surface area contributed by atoms with Crippen LogP contribution < -0.4 is 4.90 Å². The average Bonchev–Trinajstić information content (AvgIpc) is 3.59. The van der Waals surface area contributed by atoms with Crippen molar-refractivity contribution in [2.75, 3.05) is 4.90 Å². The van der Waals surface area contributed by atoms with Crippen LogP contribution in [0.25, 0.3) is 71.8 Å². The SMILES string of the molecule is CC1(C)c2ccccc2N(c2ccccc2)c2ccc(-c3cccc4c5c6ccccc6ccc5n(-c5nc(-c6ccccc6)c6ccccc6n5)c34)cc21. The standard InChI is InChI=1S/C51H36N4/c1-51(2)41-25-12-14-27-44(41)54(36-19-7-4-8-20-36)45-30-29-35(32-42(45)51)38-23-15-24-40-47-37-21-10-9-16-33(37)28-31-46(47)55(49(38)40)50-52-43-26-13-11-22-39(43)48(53-50)34-17-5-3-6-18-34/h3-32H,1-2H3. The monoisotopic (exact) mass is 704 g/mol. The van der Waals surface area contributed by atoms with E-state index in [1.165, 1.54) is 44.0 Å². The highest BCUT2D eigenvalue weighted by atomic mass is 15.2. The van der Waals surface area contributed by atoms with Crippen molar-refractivity contribution in [3.05, 3.63) is 193 Å². The molecule has 0 bridgehead atoms. The van der Waals surface area contributed by atoms with Gasteiger partial charge in [-0.05, 0) is 69.9 Å². The van der Waals surface area contributed by atoms with Crippen molar-refractivity contribution < 1.29 is 0 Å². The fourth-order valence-electron chi connectivity index (χ4n) is 8.98. The Labute approximate surface area is 319 Å². The molecule has 0 aliphatic carbocycles. The summed E-state index contributed by atoms with van der Waals surface area (Å²) in [6.45, 7) is 4.71. The molecule has 260 valence electrons. The maximum atomic E-state index is 5.44. The lowest BCUT2D eigenvalue weighted by molar-refractivity contribution is 0.632. The summed E-state index contributed by atoms with van der Waals surface area (Å²) in [5, 5.41) is 5.83. The lowest BCUT2D eigenvalue weighted by atomic mass is 9.73. The van der Waals surface area contributed by atoms with Crippen molar-refractivity contribution in [3.8, 4) is 28.3 Å². The Morgan fingerprint density at radius 1 is 0.491 bits per heavy atom. The van der Waals surface area contributed by atoms with Crippen LogP contribution in [0.5, 0.6) is 0 Å². The summed E-state index contributed by atoms with van der Waals surface area (Å²) in [7, 11) is 0. The number of rotatable bonds is 4. The van der Waals surface area contributed by atoms with Crippen LogP contribution in [0.15, 0.2) is 182 Å². The second-order valence-corrected chi connectivity index (χ2v) is 15.0. The molecule has 11 rings (SSSR count). The van der Waals surface area contributed by atoms with Crippen molar-refractivity contribution >= 4 is 60.5 Å². The smallest absolute Gasteiger partial charge is 0.235 e. The highest BCUT2D eigenvalue weighted by Gasteiger charge is 2.37. The zero-order valence-corrected chi connectivity index (χ0v) is 30.6. The van der Waals surface area contributed by atoms with E-state index in [-0.39, 0.29) is 5.41 Å². The van der Waals surface area contributed by atoms with Crippen LogP contribution >= 0.6 is 0 Å². The highest BCUT2D eigenvalue weighted by Crippen LogP contribution is 2.53. The number of benzene rings is 8. The Morgan fingerprint density at radius 2 is 1.18 bits per heavy atom. The molecule has 4 heteroatoms. The molecule has 8 aromatic carbocycles. The van der Waals surface area contributed by atoms with E-state index in [9.17, 15) is 0 Å². The quantitative estimate of drug-likeness (QED) is 0.183. The van der Waals surface area contributed by atoms with Gasteiger partial charge in [0.1, 0.15) is 0 Å². The molecule has 2 aromatic heterocycles. The number of anilines is 3. The third kappa shape index (κ3) is 4.71. The summed E-state index contributed by atoms with van der Waals surface area (Å²) < 4.78 is 2.31. The van der Waals surface area contributed by atoms with Gasteiger partial charge in [-0.3, -0.25) is 4.57 Å². The predicted molar refractivity (Wildman–Crippen MR) is 229 cm³/mol. The molecule has 1 aliphatic rings. The third-order valence-corrected chi connectivity index (χ3v) is 11.6. The Morgan fingerprint density at radius 3 is 2.04 bits per heavy atom. The van der Waals surface area contributed by atoms with Gasteiger partial charge in [0.05, 0.1) is 33.6 Å². The molecule has 0 unspecified atom stereocenters. The Kier molecular flexibility index (Phi) is 6.86. The van der Waals surface area contributed by atoms with Crippen LogP contribution in [-0.2, 0) is 5.41 Å². The summed E-state index contributed by atoms with van der Waals surface area (Å²) in [5.74, 6) is 0.655. The van der Waals surface area contributed by atoms with Gasteiger partial charge < -0.3 is 4.90 Å². The highest BCUT2D eigenvalue weighted by molar-refractivity contribution is 6.23. The average molecular weight is 705 g/mol. The van der Waals surface area contributed by atoms with Crippen LogP contribution in [0.1, 0.15) is 25.0 Å². The first-order chi connectivity index (χ1) is 27.1. The van der Waals surface area contributed by atoms with Crippen molar-refractivity contribution in [1.29, 1.82) is 0 Å². The van der Waals surface area contributed by atoms with E-state index in [1.54, 1.807) is 0 Å². The van der Waals surface area contributed by atoms with Crippen LogP contribution in [-0.4, -0.2) is 14.5 Å². The maximum Gasteiger partial charge on any atom is 0.235 e. The van der Waals surface area contributed by atoms with Crippen LogP contribution in [0.3, 0.4) is 0 Å². The lowest BCUT2D eigenvalue weighted by Crippen LogP contribution is -2.30. The molecule has 10 aromatic rings. The minimum Gasteiger partial charge on any atom is -0.310 e. The molecule has 0 atom stereocenters. The summed E-state index contributed by atoms with van der Waals surface area (Å²) in [5.41, 5.74) is 13.3. The molecular formula is C51H36N4. The van der Waals surface area contributed by atoms with Gasteiger partial charge in [0.25, 0.3) is 0 Å². The summed E-state index contributed by atoms with van der Waals surface area (Å²) in [6.07, 6.45) is 0. The number of nitrogens with zero attached hydrogens (tertiary/aromatic N) is 4. The van der Waals surface area contributed by atoms with Gasteiger partial charge in [-0.2, -0.15) is 0 Å². The zero-order chi connectivity index (χ0) is 36.7. The fraction of sp³-hybridized carbons (Fsp3) is 0.0588. The molecule has 3 heterocycles. The Bertz CT molecular complexity index is 3120. The van der Waals surface area contributed by atoms with Gasteiger partial charge in [0.2, 0.25) is 5.95 Å². The molecule has 4 nitrogen and oxygen atoms in total. The molecule has 0 spiro atoms. The third-order valence-electron chi connectivity index (χ3n) is 11.6. The van der Waals surface area contributed by atoms with Gasteiger partial charge in [0.15, 0.2) is 0 Å². The van der Waals surface area contributed by atoms with Gasteiger partial charge in [-0.25, -0.2) is 9.97 Å². The molecule has 0 N–H and O–H groups in total. The Balaban J connectivity index is 1.22. The fourth-order valence-corrected chi connectivity index (χ4v) is 8.98. The van der Waals surface area contributed by atoms with Gasteiger partial charge in [-0.15, -0.1) is 0 Å². The largest absolute Gasteiger partial charge is 0.310 e. The van der Waals surface area contributed by atoms with E-state index in [2.05, 4.69) is 205 Å². The molecule has 0 saturated heterocycles. The second-order valence-electron chi connectivity index (χ2n) is 15.0. The molecule has 1 aliphatic heterocycles. The predicted octanol–water partition coefficient (Wildman–Crippen LogP) is 13.3. The van der Waals surface area contributed by atoms with Gasteiger partial charge >= 0.3 is 0 Å². The minimum atomic E-state index is -0.240. The van der Waals surface area contributed by atoms with E-state index in [1.807, 2.05) is 0 Å². The number of hydrogen-bond donors (Lipinski definition) is 0. The first-order valence-electron chi connectivity index (χ1n) is 18.9. The van der Waals surface area contributed by atoms with Crippen molar-refractivity contribution in [2.24, 2.45) is 0 Å². The second kappa shape index (κ2) is 12.0. The molecule has 55 heavy (non-hydrogen) atoms. The van der Waals surface area contributed by atoms with Crippen LogP contribution in [0, 0.1) is 0 Å². The molecule has 0 amide bonds. The lowest BCUT2D eigenvalue weighted by Gasteiger charge is -2.42. The van der Waals surface area contributed by atoms with Crippen LogP contribution in [0.4, 0.5) is 17.1 Å². The Hall–Kier alpha value is -7.04. The maximum absolute atomic E-state index is 5.44. The van der Waals surface area contributed by atoms with Crippen molar-refractivity contribution in [2.45, 2.75) is 19.3 Å². The van der Waals surface area contributed by atoms with E-state index >= 15 is 0 Å². The first kappa shape index (κ1) is 31.5. The minimum absolute atomic E-state index is 0.240. The van der Waals surface area contributed by atoms with Gasteiger partial charge in [0, 0.05) is 38.4 Å². The molecular weight excluding hydrogens is 669 g/mol.